The van der Waals surface area contributed by atoms with E-state index in [9.17, 15) is 9.90 Å². The highest BCUT2D eigenvalue weighted by Gasteiger charge is 2.25. The molecule has 1 aliphatic heterocycles. The van der Waals surface area contributed by atoms with Crippen LogP contribution in [-0.4, -0.2) is 23.2 Å². The van der Waals surface area contributed by atoms with E-state index in [0.29, 0.717) is 10.1 Å². The minimum atomic E-state index is -0.230. The summed E-state index contributed by atoms with van der Waals surface area (Å²) >= 11 is 1.35. The molecule has 1 heterocycles. The number of carbonyl (C=O) groups excluding carboxylic acids is 1. The van der Waals surface area contributed by atoms with Gasteiger partial charge in [-0.1, -0.05) is 36.4 Å². The third-order valence-electron chi connectivity index (χ3n) is 3.69. The zero-order chi connectivity index (χ0) is 17.8. The molecule has 0 saturated heterocycles. The predicted octanol–water partition coefficient (Wildman–Crippen LogP) is 4.45. The number of aromatic hydroxyl groups is 1. The molecule has 3 rings (SSSR count). The number of thioether (sulfide) groups is 1. The maximum Gasteiger partial charge on any atom is 0.286 e. The highest BCUT2D eigenvalue weighted by atomic mass is 32.2. The van der Waals surface area contributed by atoms with E-state index >= 15 is 0 Å². The quantitative estimate of drug-likeness (QED) is 0.831. The molecule has 2 aromatic rings. The number of phenols is 1. The van der Waals surface area contributed by atoms with Crippen LogP contribution in [0.2, 0.25) is 0 Å². The summed E-state index contributed by atoms with van der Waals surface area (Å²) in [7, 11) is 1.85. The van der Waals surface area contributed by atoms with Crippen molar-refractivity contribution < 1.29 is 9.90 Å². The van der Waals surface area contributed by atoms with Gasteiger partial charge in [0.2, 0.25) is 0 Å². The second-order valence-electron chi connectivity index (χ2n) is 5.68. The van der Waals surface area contributed by atoms with E-state index in [1.165, 1.54) is 11.8 Å². The Balaban J connectivity index is 1.76. The van der Waals surface area contributed by atoms with Gasteiger partial charge in [-0.25, -0.2) is 0 Å². The molecule has 0 radical (unpaired) electrons. The molecule has 1 aliphatic rings. The summed E-state index contributed by atoms with van der Waals surface area (Å²) in [4.78, 5) is 18.8. The van der Waals surface area contributed by atoms with E-state index in [0.717, 1.165) is 16.8 Å². The smallest absolute Gasteiger partial charge is 0.286 e. The average molecular weight is 350 g/mol. The molecule has 1 amide bonds. The lowest BCUT2D eigenvalue weighted by Crippen LogP contribution is -2.21. The van der Waals surface area contributed by atoms with Crippen LogP contribution in [0.3, 0.4) is 0 Å². The van der Waals surface area contributed by atoms with Gasteiger partial charge in [0.1, 0.15) is 5.75 Å². The van der Waals surface area contributed by atoms with Gasteiger partial charge < -0.3 is 10.0 Å². The van der Waals surface area contributed by atoms with Crippen molar-refractivity contribution in [3.63, 3.8) is 0 Å². The van der Waals surface area contributed by atoms with Crippen LogP contribution in [0, 0.1) is 0 Å². The highest BCUT2D eigenvalue weighted by molar-refractivity contribution is 8.18. The summed E-state index contributed by atoms with van der Waals surface area (Å²) in [6, 6.07) is 16.8. The molecule has 0 bridgehead atoms. The molecule has 0 atom stereocenters. The van der Waals surface area contributed by atoms with Crippen LogP contribution in [0.15, 0.2) is 76.1 Å². The fourth-order valence-corrected chi connectivity index (χ4v) is 3.33. The van der Waals surface area contributed by atoms with Gasteiger partial charge in [-0.3, -0.25) is 4.79 Å². The Hall–Kier alpha value is -2.79. The summed E-state index contributed by atoms with van der Waals surface area (Å²) in [5.41, 5.74) is 2.94. The Morgan fingerprint density at radius 1 is 1.12 bits per heavy atom. The van der Waals surface area contributed by atoms with Crippen LogP contribution in [-0.2, 0) is 4.79 Å². The lowest BCUT2D eigenvalue weighted by atomic mass is 10.1. The van der Waals surface area contributed by atoms with E-state index in [1.54, 1.807) is 24.3 Å². The van der Waals surface area contributed by atoms with Crippen molar-refractivity contribution in [1.82, 2.24) is 0 Å². The molecule has 5 heteroatoms. The fraction of sp³-hybridized carbons (Fsp3) is 0.100. The molecule has 0 aliphatic carbocycles. The van der Waals surface area contributed by atoms with Crippen molar-refractivity contribution >= 4 is 34.6 Å². The number of hydrogen-bond donors (Lipinski definition) is 1. The summed E-state index contributed by atoms with van der Waals surface area (Å²) in [5, 5.41) is 10.0. The molecule has 0 saturated carbocycles. The number of aliphatic imine (C=N–C) groups is 1. The van der Waals surface area contributed by atoms with E-state index in [2.05, 4.69) is 4.99 Å². The van der Waals surface area contributed by atoms with E-state index in [1.807, 2.05) is 61.4 Å². The fourth-order valence-electron chi connectivity index (χ4n) is 2.39. The number of nitrogens with zero attached hydrogens (tertiary/aromatic N) is 2. The Labute approximate surface area is 151 Å². The molecule has 2 aromatic carbocycles. The number of hydrogen-bond acceptors (Lipinski definition) is 4. The van der Waals surface area contributed by atoms with Gasteiger partial charge in [0.05, 0.1) is 4.91 Å². The van der Waals surface area contributed by atoms with Gasteiger partial charge in [0, 0.05) is 12.7 Å². The average Bonchev–Trinajstić information content (AvgIpc) is 2.96. The number of allylic oxidation sites excluding steroid dienone is 2. The number of rotatable bonds is 3. The van der Waals surface area contributed by atoms with Gasteiger partial charge >= 0.3 is 0 Å². The lowest BCUT2D eigenvalue weighted by Gasteiger charge is -2.17. The van der Waals surface area contributed by atoms with Crippen LogP contribution in [0.25, 0.3) is 6.08 Å². The van der Waals surface area contributed by atoms with Crippen LogP contribution in [0.4, 0.5) is 5.69 Å². The molecular weight excluding hydrogens is 332 g/mol. The summed E-state index contributed by atoms with van der Waals surface area (Å²) < 4.78 is 0. The summed E-state index contributed by atoms with van der Waals surface area (Å²) in [6.45, 7) is 1.97. The van der Waals surface area contributed by atoms with Crippen LogP contribution in [0.5, 0.6) is 5.75 Å². The molecule has 0 aromatic heterocycles. The molecule has 0 unspecified atom stereocenters. The Bertz CT molecular complexity index is 868. The molecule has 126 valence electrons. The molecule has 0 spiro atoms. The minimum Gasteiger partial charge on any atom is -0.508 e. The van der Waals surface area contributed by atoms with Crippen molar-refractivity contribution in [2.75, 3.05) is 11.9 Å². The Morgan fingerprint density at radius 2 is 1.80 bits per heavy atom. The summed E-state index contributed by atoms with van der Waals surface area (Å²) in [6.07, 6.45) is 3.89. The van der Waals surface area contributed by atoms with Crippen molar-refractivity contribution in [2.45, 2.75) is 6.92 Å². The highest BCUT2D eigenvalue weighted by Crippen LogP contribution is 2.31. The molecule has 25 heavy (non-hydrogen) atoms. The Kier molecular flexibility index (Phi) is 5.05. The Morgan fingerprint density at radius 3 is 2.48 bits per heavy atom. The number of anilines is 1. The van der Waals surface area contributed by atoms with E-state index in [4.69, 9.17) is 0 Å². The lowest BCUT2D eigenvalue weighted by molar-refractivity contribution is -0.113. The predicted molar refractivity (Wildman–Crippen MR) is 105 cm³/mol. The first-order valence-electron chi connectivity index (χ1n) is 7.81. The summed E-state index contributed by atoms with van der Waals surface area (Å²) in [5.74, 6) is -0.0251. The first-order valence-corrected chi connectivity index (χ1v) is 8.63. The maximum absolute atomic E-state index is 12.2. The number of amides is 1. The number of amidine groups is 1. The number of carbonyl (C=O) groups is 1. The first-order chi connectivity index (χ1) is 12.0. The van der Waals surface area contributed by atoms with E-state index < -0.39 is 0 Å². The van der Waals surface area contributed by atoms with Gasteiger partial charge in [0.25, 0.3) is 5.91 Å². The second-order valence-corrected chi connectivity index (χ2v) is 6.69. The SMILES string of the molecule is CC(=C/c1ccccc1)/C=C1\SC(N(C)c2ccc(O)cc2)=NC1=O. The van der Waals surface area contributed by atoms with Crippen molar-refractivity contribution in [3.8, 4) is 5.75 Å². The topological polar surface area (TPSA) is 52.9 Å². The van der Waals surface area contributed by atoms with E-state index in [-0.39, 0.29) is 11.7 Å². The van der Waals surface area contributed by atoms with Crippen LogP contribution in [0.1, 0.15) is 12.5 Å². The van der Waals surface area contributed by atoms with Crippen molar-refractivity contribution in [2.24, 2.45) is 4.99 Å². The zero-order valence-corrected chi connectivity index (χ0v) is 14.8. The monoisotopic (exact) mass is 350 g/mol. The largest absolute Gasteiger partial charge is 0.508 e. The van der Waals surface area contributed by atoms with Gasteiger partial charge in [-0.2, -0.15) is 4.99 Å². The molecule has 4 nitrogen and oxygen atoms in total. The minimum absolute atomic E-state index is 0.205. The van der Waals surface area contributed by atoms with Gasteiger partial charge in [0.15, 0.2) is 5.17 Å². The molecular formula is C20H18N2O2S. The van der Waals surface area contributed by atoms with Crippen molar-refractivity contribution in [3.05, 3.63) is 76.7 Å². The molecule has 1 N–H and O–H groups in total. The third kappa shape index (κ3) is 4.19. The van der Waals surface area contributed by atoms with Gasteiger partial charge in [-0.15, -0.1) is 0 Å². The van der Waals surface area contributed by atoms with Gasteiger partial charge in [-0.05, 0) is 60.2 Å². The molecule has 0 fully saturated rings. The number of phenolic OH excluding ortho intramolecular Hbond substituents is 1. The zero-order valence-electron chi connectivity index (χ0n) is 14.0. The second kappa shape index (κ2) is 7.40. The number of benzene rings is 2. The first kappa shape index (κ1) is 17.0. The third-order valence-corrected chi connectivity index (χ3v) is 4.75. The van der Waals surface area contributed by atoms with Crippen LogP contribution < -0.4 is 4.90 Å². The van der Waals surface area contributed by atoms with Crippen molar-refractivity contribution in [1.29, 1.82) is 0 Å². The standard InChI is InChI=1S/C20H18N2O2S/c1-14(12-15-6-4-3-5-7-15)13-18-19(24)21-20(25-18)22(2)16-8-10-17(23)11-9-16/h3-13,23H,1-2H3/b14-12-,18-13-. The normalized spacial score (nSPS) is 16.2. The van der Waals surface area contributed by atoms with Crippen LogP contribution >= 0.6 is 11.8 Å². The maximum atomic E-state index is 12.2.